The molecule has 0 aromatic heterocycles. The number of nitrogens with zero attached hydrogens (tertiary/aromatic N) is 1. The third-order valence-corrected chi connectivity index (χ3v) is 4.15. The summed E-state index contributed by atoms with van der Waals surface area (Å²) in [7, 11) is 3.03. The Hall–Kier alpha value is -3.98. The number of rotatable bonds is 6. The lowest BCUT2D eigenvalue weighted by molar-refractivity contribution is -0.112. The fourth-order valence-electron chi connectivity index (χ4n) is 2.68. The lowest BCUT2D eigenvalue weighted by Gasteiger charge is -2.11. The lowest BCUT2D eigenvalue weighted by atomic mass is 10.1. The van der Waals surface area contributed by atoms with Gasteiger partial charge in [0, 0.05) is 18.0 Å². The molecule has 3 rings (SSSR count). The molecule has 0 atom stereocenters. The first kappa shape index (κ1) is 18.8. The first-order chi connectivity index (χ1) is 13.6. The zero-order valence-corrected chi connectivity index (χ0v) is 15.5. The van der Waals surface area contributed by atoms with Crippen LogP contribution >= 0.6 is 0 Å². The number of hydrogen-bond donors (Lipinski definition) is 2. The predicted molar refractivity (Wildman–Crippen MR) is 109 cm³/mol. The molecule has 3 aromatic carbocycles. The fraction of sp³-hybridized carbons (Fsp3) is 0.0909. The smallest absolute Gasteiger partial charge is 0.267 e. The van der Waals surface area contributed by atoms with Crippen molar-refractivity contribution in [3.63, 3.8) is 0 Å². The van der Waals surface area contributed by atoms with Gasteiger partial charge < -0.3 is 20.1 Å². The van der Waals surface area contributed by atoms with E-state index in [1.165, 1.54) is 20.4 Å². The number of carbonyl (C=O) groups excluding carboxylic acids is 1. The Kier molecular flexibility index (Phi) is 5.78. The van der Waals surface area contributed by atoms with Gasteiger partial charge in [-0.1, -0.05) is 30.3 Å². The van der Waals surface area contributed by atoms with E-state index in [1.807, 2.05) is 48.5 Å². The zero-order chi connectivity index (χ0) is 19.9. The second-order valence-corrected chi connectivity index (χ2v) is 5.90. The minimum absolute atomic E-state index is 0.0713. The standard InChI is InChI=1S/C22H19N3O3/c1-27-19-9-10-21(28-2)20(12-19)25-22(26)17(13-23)14-24-18-8-7-15-5-3-4-6-16(15)11-18/h3-12,14,24H,1-2H3,(H,25,26)/b17-14-. The first-order valence-corrected chi connectivity index (χ1v) is 8.53. The molecule has 1 amide bonds. The number of carbonyl (C=O) groups is 1. The maximum Gasteiger partial charge on any atom is 0.267 e. The summed E-state index contributed by atoms with van der Waals surface area (Å²) in [5.41, 5.74) is 1.12. The van der Waals surface area contributed by atoms with Gasteiger partial charge in [0.1, 0.15) is 23.1 Å². The molecular weight excluding hydrogens is 354 g/mol. The van der Waals surface area contributed by atoms with Crippen LogP contribution in [0.2, 0.25) is 0 Å². The van der Waals surface area contributed by atoms with Gasteiger partial charge >= 0.3 is 0 Å². The average Bonchev–Trinajstić information content (AvgIpc) is 2.74. The van der Waals surface area contributed by atoms with E-state index < -0.39 is 5.91 Å². The summed E-state index contributed by atoms with van der Waals surface area (Å²) in [6.45, 7) is 0. The van der Waals surface area contributed by atoms with E-state index in [1.54, 1.807) is 18.2 Å². The Labute approximate surface area is 163 Å². The molecule has 0 aliphatic carbocycles. The number of hydrogen-bond acceptors (Lipinski definition) is 5. The molecule has 0 aliphatic heterocycles. The van der Waals surface area contributed by atoms with Crippen LogP contribution in [0.3, 0.4) is 0 Å². The maximum atomic E-state index is 12.5. The maximum absolute atomic E-state index is 12.5. The number of nitriles is 1. The summed E-state index contributed by atoms with van der Waals surface area (Å²) in [4.78, 5) is 12.5. The van der Waals surface area contributed by atoms with E-state index in [0.29, 0.717) is 17.2 Å². The Morgan fingerprint density at radius 2 is 1.79 bits per heavy atom. The molecule has 6 nitrogen and oxygen atoms in total. The quantitative estimate of drug-likeness (QED) is 0.497. The van der Waals surface area contributed by atoms with Crippen molar-refractivity contribution in [1.82, 2.24) is 0 Å². The number of nitrogens with one attached hydrogen (secondary N) is 2. The van der Waals surface area contributed by atoms with Crippen molar-refractivity contribution < 1.29 is 14.3 Å². The first-order valence-electron chi connectivity index (χ1n) is 8.53. The van der Waals surface area contributed by atoms with Gasteiger partial charge in [-0.2, -0.15) is 5.26 Å². The van der Waals surface area contributed by atoms with Crippen molar-refractivity contribution in [2.45, 2.75) is 0 Å². The van der Waals surface area contributed by atoms with Gasteiger partial charge in [-0.05, 0) is 35.0 Å². The highest BCUT2D eigenvalue weighted by Gasteiger charge is 2.13. The molecular formula is C22H19N3O3. The van der Waals surface area contributed by atoms with E-state index in [4.69, 9.17) is 9.47 Å². The second kappa shape index (κ2) is 8.60. The van der Waals surface area contributed by atoms with Crippen LogP contribution in [0.15, 0.2) is 72.4 Å². The SMILES string of the molecule is COc1ccc(OC)c(NC(=O)/C(C#N)=C\Nc2ccc3ccccc3c2)c1. The number of benzene rings is 3. The molecule has 0 spiro atoms. The Morgan fingerprint density at radius 3 is 2.50 bits per heavy atom. The van der Waals surface area contributed by atoms with Crippen LogP contribution in [0.1, 0.15) is 0 Å². The number of ether oxygens (including phenoxy) is 2. The van der Waals surface area contributed by atoms with E-state index in [-0.39, 0.29) is 5.57 Å². The molecule has 0 unspecified atom stereocenters. The topological polar surface area (TPSA) is 83.4 Å². The molecule has 0 saturated carbocycles. The van der Waals surface area contributed by atoms with Crippen LogP contribution in [0, 0.1) is 11.3 Å². The van der Waals surface area contributed by atoms with E-state index >= 15 is 0 Å². The van der Waals surface area contributed by atoms with E-state index in [9.17, 15) is 10.1 Å². The highest BCUT2D eigenvalue weighted by atomic mass is 16.5. The molecule has 2 N–H and O–H groups in total. The molecule has 0 heterocycles. The fourth-order valence-corrected chi connectivity index (χ4v) is 2.68. The summed E-state index contributed by atoms with van der Waals surface area (Å²) in [5.74, 6) is 0.476. The molecule has 0 saturated heterocycles. The van der Waals surface area contributed by atoms with Crippen LogP contribution in [0.25, 0.3) is 10.8 Å². The molecule has 0 radical (unpaired) electrons. The number of anilines is 2. The Bertz CT molecular complexity index is 1080. The Balaban J connectivity index is 1.78. The van der Waals surface area contributed by atoms with Crippen LogP contribution in [0.4, 0.5) is 11.4 Å². The third-order valence-electron chi connectivity index (χ3n) is 4.15. The zero-order valence-electron chi connectivity index (χ0n) is 15.5. The second-order valence-electron chi connectivity index (χ2n) is 5.90. The van der Waals surface area contributed by atoms with E-state index in [2.05, 4.69) is 10.6 Å². The minimum atomic E-state index is -0.553. The van der Waals surface area contributed by atoms with Crippen molar-refractivity contribution in [3.8, 4) is 17.6 Å². The minimum Gasteiger partial charge on any atom is -0.497 e. The van der Waals surface area contributed by atoms with Gasteiger partial charge in [-0.3, -0.25) is 4.79 Å². The molecule has 6 heteroatoms. The van der Waals surface area contributed by atoms with Crippen LogP contribution in [-0.2, 0) is 4.79 Å². The number of methoxy groups -OCH3 is 2. The summed E-state index contributed by atoms with van der Waals surface area (Å²) in [5, 5.41) is 17.2. The molecule has 0 aliphatic rings. The van der Waals surface area contributed by atoms with Gasteiger partial charge in [-0.25, -0.2) is 0 Å². The summed E-state index contributed by atoms with van der Waals surface area (Å²) in [6, 6.07) is 20.7. The molecule has 0 bridgehead atoms. The summed E-state index contributed by atoms with van der Waals surface area (Å²) >= 11 is 0. The highest BCUT2D eigenvalue weighted by molar-refractivity contribution is 6.07. The summed E-state index contributed by atoms with van der Waals surface area (Å²) in [6.07, 6.45) is 1.38. The Morgan fingerprint density at radius 1 is 1.00 bits per heavy atom. The molecule has 140 valence electrons. The summed E-state index contributed by atoms with van der Waals surface area (Å²) < 4.78 is 10.4. The van der Waals surface area contributed by atoms with Gasteiger partial charge in [0.25, 0.3) is 5.91 Å². The molecule has 3 aromatic rings. The van der Waals surface area contributed by atoms with Gasteiger partial charge in [0.2, 0.25) is 0 Å². The van der Waals surface area contributed by atoms with Crippen LogP contribution < -0.4 is 20.1 Å². The van der Waals surface area contributed by atoms with Crippen LogP contribution in [0.5, 0.6) is 11.5 Å². The number of amides is 1. The van der Waals surface area contributed by atoms with Crippen LogP contribution in [-0.4, -0.2) is 20.1 Å². The van der Waals surface area contributed by atoms with Crippen molar-refractivity contribution >= 4 is 28.1 Å². The largest absolute Gasteiger partial charge is 0.497 e. The lowest BCUT2D eigenvalue weighted by Crippen LogP contribution is -2.15. The monoisotopic (exact) mass is 373 g/mol. The van der Waals surface area contributed by atoms with Crippen molar-refractivity contribution in [1.29, 1.82) is 5.26 Å². The molecule has 28 heavy (non-hydrogen) atoms. The van der Waals surface area contributed by atoms with E-state index in [0.717, 1.165) is 16.5 Å². The normalized spacial score (nSPS) is 10.8. The highest BCUT2D eigenvalue weighted by Crippen LogP contribution is 2.29. The average molecular weight is 373 g/mol. The molecule has 0 fully saturated rings. The predicted octanol–water partition coefficient (Wildman–Crippen LogP) is 4.32. The van der Waals surface area contributed by atoms with Gasteiger partial charge in [-0.15, -0.1) is 0 Å². The number of fused-ring (bicyclic) bond motifs is 1. The van der Waals surface area contributed by atoms with Gasteiger partial charge in [0.05, 0.1) is 19.9 Å². The van der Waals surface area contributed by atoms with Crippen molar-refractivity contribution in [2.75, 3.05) is 24.9 Å². The van der Waals surface area contributed by atoms with Crippen molar-refractivity contribution in [2.24, 2.45) is 0 Å². The van der Waals surface area contributed by atoms with Crippen molar-refractivity contribution in [3.05, 3.63) is 72.4 Å². The third kappa shape index (κ3) is 4.22. The van der Waals surface area contributed by atoms with Gasteiger partial charge in [0.15, 0.2) is 0 Å².